The fraction of sp³-hybridized carbons (Fsp3) is 0.818. The number of rotatable bonds is 2. The number of hydrogen-bond acceptors (Lipinski definition) is 2. The van der Waals surface area contributed by atoms with Crippen molar-refractivity contribution < 1.29 is 0 Å². The summed E-state index contributed by atoms with van der Waals surface area (Å²) in [7, 11) is 0. The maximum atomic E-state index is 2.51. The van der Waals surface area contributed by atoms with Gasteiger partial charge in [0.1, 0.15) is 0 Å². The lowest BCUT2D eigenvalue weighted by molar-refractivity contribution is 0.278. The topological polar surface area (TPSA) is 6.25 Å². The predicted octanol–water partition coefficient (Wildman–Crippen LogP) is 2.04. The molecule has 0 radical (unpaired) electrons. The highest BCUT2D eigenvalue weighted by Gasteiger charge is 2.32. The molecule has 0 spiro atoms. The summed E-state index contributed by atoms with van der Waals surface area (Å²) in [6.45, 7) is 9.35. The van der Waals surface area contributed by atoms with Gasteiger partial charge in [-0.2, -0.15) is 0 Å². The van der Waals surface area contributed by atoms with E-state index >= 15 is 0 Å². The van der Waals surface area contributed by atoms with Crippen LogP contribution in [-0.4, -0.2) is 35.0 Å². The summed E-state index contributed by atoms with van der Waals surface area (Å²) in [4.78, 5) is 4.97. The largest absolute Gasteiger partial charge is 0.374 e. The molecular formula is C11H20N2. The van der Waals surface area contributed by atoms with E-state index < -0.39 is 0 Å². The molecular weight excluding hydrogens is 160 g/mol. The molecule has 1 atom stereocenters. The summed E-state index contributed by atoms with van der Waals surface area (Å²) < 4.78 is 0. The summed E-state index contributed by atoms with van der Waals surface area (Å²) >= 11 is 0. The van der Waals surface area contributed by atoms with E-state index in [0.29, 0.717) is 6.04 Å². The first-order chi connectivity index (χ1) is 6.18. The molecule has 0 aliphatic carbocycles. The van der Waals surface area contributed by atoms with E-state index in [1.807, 2.05) is 0 Å². The maximum absolute atomic E-state index is 2.51. The van der Waals surface area contributed by atoms with Crippen LogP contribution < -0.4 is 0 Å². The lowest BCUT2D eigenvalue weighted by Crippen LogP contribution is -2.30. The van der Waals surface area contributed by atoms with Gasteiger partial charge in [0.2, 0.25) is 0 Å². The summed E-state index contributed by atoms with van der Waals surface area (Å²) in [5.41, 5.74) is 1.56. The standard InChI is InChI=1S/C11H20N2/c1-9(2)12-6-4-5-11(8-12)13-7-10(13)3/h8-10H,4-7H2,1-3H3. The first kappa shape index (κ1) is 8.92. The highest BCUT2D eigenvalue weighted by atomic mass is 15.3. The van der Waals surface area contributed by atoms with Gasteiger partial charge >= 0.3 is 0 Å². The Hall–Kier alpha value is -0.660. The zero-order valence-corrected chi connectivity index (χ0v) is 8.95. The zero-order chi connectivity index (χ0) is 9.42. The average molecular weight is 180 g/mol. The Morgan fingerprint density at radius 1 is 1.46 bits per heavy atom. The molecule has 0 N–H and O–H groups in total. The van der Waals surface area contributed by atoms with Crippen LogP contribution in [0, 0.1) is 0 Å². The van der Waals surface area contributed by atoms with Gasteiger partial charge in [-0.1, -0.05) is 0 Å². The molecule has 13 heavy (non-hydrogen) atoms. The highest BCUT2D eigenvalue weighted by molar-refractivity contribution is 5.12. The molecule has 0 aromatic heterocycles. The lowest BCUT2D eigenvalue weighted by atomic mass is 10.1. The zero-order valence-electron chi connectivity index (χ0n) is 8.95. The summed E-state index contributed by atoms with van der Waals surface area (Å²) in [5.74, 6) is 0. The van der Waals surface area contributed by atoms with Gasteiger partial charge in [-0.25, -0.2) is 0 Å². The fourth-order valence-corrected chi connectivity index (χ4v) is 2.03. The van der Waals surface area contributed by atoms with Crippen LogP contribution in [0.3, 0.4) is 0 Å². The molecule has 1 unspecified atom stereocenters. The monoisotopic (exact) mass is 180 g/mol. The Balaban J connectivity index is 2.02. The van der Waals surface area contributed by atoms with Crippen LogP contribution >= 0.6 is 0 Å². The predicted molar refractivity (Wildman–Crippen MR) is 55.3 cm³/mol. The minimum atomic E-state index is 0.658. The summed E-state index contributed by atoms with van der Waals surface area (Å²) in [5, 5.41) is 0. The number of hydrogen-bond donors (Lipinski definition) is 0. The van der Waals surface area contributed by atoms with Gasteiger partial charge in [-0.15, -0.1) is 0 Å². The third-order valence-corrected chi connectivity index (χ3v) is 3.06. The van der Waals surface area contributed by atoms with Crippen molar-refractivity contribution in [3.8, 4) is 0 Å². The molecule has 0 aromatic rings. The third-order valence-electron chi connectivity index (χ3n) is 3.06. The van der Waals surface area contributed by atoms with Gasteiger partial charge in [-0.3, -0.25) is 0 Å². The molecule has 0 bridgehead atoms. The van der Waals surface area contributed by atoms with Crippen molar-refractivity contribution in [3.05, 3.63) is 11.9 Å². The van der Waals surface area contributed by atoms with E-state index in [4.69, 9.17) is 0 Å². The Morgan fingerprint density at radius 3 is 2.69 bits per heavy atom. The molecule has 0 amide bonds. The highest BCUT2D eigenvalue weighted by Crippen LogP contribution is 2.29. The second-order valence-corrected chi connectivity index (χ2v) is 4.56. The second-order valence-electron chi connectivity index (χ2n) is 4.56. The SMILES string of the molecule is CC(C)N1C=C(N2CC2C)CCC1. The average Bonchev–Trinajstić information content (AvgIpc) is 2.83. The normalized spacial score (nSPS) is 28.0. The Labute approximate surface area is 81.2 Å². The minimum absolute atomic E-state index is 0.658. The molecule has 1 saturated heterocycles. The first-order valence-electron chi connectivity index (χ1n) is 5.41. The molecule has 2 rings (SSSR count). The quantitative estimate of drug-likeness (QED) is 0.600. The number of nitrogens with zero attached hydrogens (tertiary/aromatic N) is 2. The van der Waals surface area contributed by atoms with Crippen LogP contribution in [0.15, 0.2) is 11.9 Å². The van der Waals surface area contributed by atoms with Gasteiger partial charge in [0.05, 0.1) is 0 Å². The first-order valence-corrected chi connectivity index (χ1v) is 5.41. The molecule has 74 valence electrons. The van der Waals surface area contributed by atoms with Crippen molar-refractivity contribution in [1.82, 2.24) is 9.80 Å². The number of allylic oxidation sites excluding steroid dienone is 1. The molecule has 1 fully saturated rings. The van der Waals surface area contributed by atoms with Crippen molar-refractivity contribution in [2.75, 3.05) is 13.1 Å². The van der Waals surface area contributed by atoms with Gasteiger partial charge < -0.3 is 9.80 Å². The molecule has 2 heteroatoms. The molecule has 0 aromatic carbocycles. The minimum Gasteiger partial charge on any atom is -0.374 e. The van der Waals surface area contributed by atoms with Crippen LogP contribution in [0.1, 0.15) is 33.6 Å². The van der Waals surface area contributed by atoms with E-state index in [0.717, 1.165) is 6.04 Å². The summed E-state index contributed by atoms with van der Waals surface area (Å²) in [6.07, 6.45) is 4.98. The van der Waals surface area contributed by atoms with E-state index in [1.54, 1.807) is 5.70 Å². The van der Waals surface area contributed by atoms with Crippen molar-refractivity contribution in [2.45, 2.75) is 45.7 Å². The Bertz CT molecular complexity index is 220. The van der Waals surface area contributed by atoms with Gasteiger partial charge in [0.15, 0.2) is 0 Å². The molecule has 0 saturated carbocycles. The smallest absolute Gasteiger partial charge is 0.0435 e. The van der Waals surface area contributed by atoms with Crippen molar-refractivity contribution in [1.29, 1.82) is 0 Å². The van der Waals surface area contributed by atoms with Gasteiger partial charge in [0, 0.05) is 37.1 Å². The van der Waals surface area contributed by atoms with Crippen molar-refractivity contribution in [2.24, 2.45) is 0 Å². The van der Waals surface area contributed by atoms with Crippen molar-refractivity contribution in [3.63, 3.8) is 0 Å². The Morgan fingerprint density at radius 2 is 2.15 bits per heavy atom. The van der Waals surface area contributed by atoms with Crippen LogP contribution in [0.5, 0.6) is 0 Å². The molecule has 2 heterocycles. The van der Waals surface area contributed by atoms with Crippen LogP contribution in [0.2, 0.25) is 0 Å². The van der Waals surface area contributed by atoms with E-state index in [-0.39, 0.29) is 0 Å². The summed E-state index contributed by atoms with van der Waals surface area (Å²) in [6, 6.07) is 1.46. The van der Waals surface area contributed by atoms with Crippen LogP contribution in [-0.2, 0) is 0 Å². The van der Waals surface area contributed by atoms with Crippen molar-refractivity contribution >= 4 is 0 Å². The lowest BCUT2D eigenvalue weighted by Gasteiger charge is -2.30. The van der Waals surface area contributed by atoms with E-state index in [9.17, 15) is 0 Å². The third kappa shape index (κ3) is 1.82. The maximum Gasteiger partial charge on any atom is 0.0435 e. The molecule has 2 aliphatic rings. The van der Waals surface area contributed by atoms with E-state index in [1.165, 1.54) is 25.9 Å². The van der Waals surface area contributed by atoms with E-state index in [2.05, 4.69) is 36.8 Å². The van der Waals surface area contributed by atoms with Gasteiger partial charge in [-0.05, 0) is 33.6 Å². The second kappa shape index (κ2) is 3.24. The van der Waals surface area contributed by atoms with Crippen LogP contribution in [0.25, 0.3) is 0 Å². The van der Waals surface area contributed by atoms with Crippen LogP contribution in [0.4, 0.5) is 0 Å². The Kier molecular flexibility index (Phi) is 2.22. The fourth-order valence-electron chi connectivity index (χ4n) is 2.03. The molecule has 2 aliphatic heterocycles. The van der Waals surface area contributed by atoms with Gasteiger partial charge in [0.25, 0.3) is 0 Å². The molecule has 2 nitrogen and oxygen atoms in total.